The predicted octanol–water partition coefficient (Wildman–Crippen LogP) is 4.39. The number of carbonyl (C=O) groups is 2. The van der Waals surface area contributed by atoms with Crippen LogP contribution in [0.15, 0.2) is 41.4 Å². The molecule has 0 radical (unpaired) electrons. The van der Waals surface area contributed by atoms with Crippen LogP contribution in [0.2, 0.25) is 0 Å². The van der Waals surface area contributed by atoms with Gasteiger partial charge in [-0.3, -0.25) is 9.59 Å². The van der Waals surface area contributed by atoms with Gasteiger partial charge in [-0.25, -0.2) is 0 Å². The minimum atomic E-state index is -0.251. The van der Waals surface area contributed by atoms with E-state index in [2.05, 4.69) is 12.2 Å². The van der Waals surface area contributed by atoms with Gasteiger partial charge in [-0.2, -0.15) is 0 Å². The highest BCUT2D eigenvalue weighted by atomic mass is 32.1. The fourth-order valence-corrected chi connectivity index (χ4v) is 3.95. The fourth-order valence-electron chi connectivity index (χ4n) is 3.29. The number of hydrogen-bond donors (Lipinski definition) is 1. The number of hydrogen-bond acceptors (Lipinski definition) is 3. The molecule has 2 amide bonds. The van der Waals surface area contributed by atoms with E-state index in [-0.39, 0.29) is 11.8 Å². The lowest BCUT2D eigenvalue weighted by molar-refractivity contribution is -0.129. The minimum Gasteiger partial charge on any atom is -0.337 e. The van der Waals surface area contributed by atoms with Crippen molar-refractivity contribution in [2.24, 2.45) is 5.92 Å². The van der Waals surface area contributed by atoms with Crippen molar-refractivity contribution in [1.82, 2.24) is 10.2 Å². The zero-order valence-corrected chi connectivity index (χ0v) is 16.9. The Bertz CT molecular complexity index is 855. The predicted molar refractivity (Wildman–Crippen MR) is 111 cm³/mol. The van der Waals surface area contributed by atoms with E-state index >= 15 is 0 Å². The summed E-state index contributed by atoms with van der Waals surface area (Å²) in [6.07, 6.45) is 3.93. The molecule has 1 atom stereocenters. The number of piperidine rings is 1. The maximum atomic E-state index is 13.1. The van der Waals surface area contributed by atoms with E-state index in [0.717, 1.165) is 41.9 Å². The van der Waals surface area contributed by atoms with Crippen LogP contribution in [0, 0.1) is 19.8 Å². The van der Waals surface area contributed by atoms with Crippen molar-refractivity contribution in [2.75, 3.05) is 13.1 Å². The first-order chi connectivity index (χ1) is 12.9. The molecular weight excluding hydrogens is 356 g/mol. The van der Waals surface area contributed by atoms with Crippen LogP contribution >= 0.6 is 11.3 Å². The van der Waals surface area contributed by atoms with E-state index in [4.69, 9.17) is 0 Å². The van der Waals surface area contributed by atoms with Crippen molar-refractivity contribution in [1.29, 1.82) is 0 Å². The minimum absolute atomic E-state index is 0.105. The Morgan fingerprint density at radius 3 is 2.70 bits per heavy atom. The van der Waals surface area contributed by atoms with Gasteiger partial charge in [-0.1, -0.05) is 19.1 Å². The molecule has 0 unspecified atom stereocenters. The molecule has 1 aliphatic rings. The molecule has 1 aliphatic heterocycles. The normalized spacial score (nSPS) is 17.7. The average Bonchev–Trinajstić information content (AvgIpc) is 3.16. The first-order valence-corrected chi connectivity index (χ1v) is 10.2. The Balaban J connectivity index is 1.84. The number of aryl methyl sites for hydroxylation is 2. The van der Waals surface area contributed by atoms with Gasteiger partial charge < -0.3 is 10.2 Å². The summed E-state index contributed by atoms with van der Waals surface area (Å²) in [6.45, 7) is 7.63. The van der Waals surface area contributed by atoms with Crippen LogP contribution in [0.1, 0.15) is 46.1 Å². The second-order valence-electron chi connectivity index (χ2n) is 7.33. The van der Waals surface area contributed by atoms with E-state index in [1.807, 2.05) is 48.4 Å². The van der Waals surface area contributed by atoms with E-state index in [1.165, 1.54) is 0 Å². The molecule has 1 saturated heterocycles. The second-order valence-corrected chi connectivity index (χ2v) is 8.30. The van der Waals surface area contributed by atoms with Crippen molar-refractivity contribution < 1.29 is 9.59 Å². The zero-order chi connectivity index (χ0) is 19.4. The van der Waals surface area contributed by atoms with Crippen molar-refractivity contribution in [3.05, 3.63) is 63.0 Å². The van der Waals surface area contributed by atoms with E-state index in [0.29, 0.717) is 17.2 Å². The van der Waals surface area contributed by atoms with Crippen LogP contribution in [-0.4, -0.2) is 29.8 Å². The largest absolute Gasteiger partial charge is 0.337 e. The first kappa shape index (κ1) is 19.4. The smallest absolute Gasteiger partial charge is 0.270 e. The van der Waals surface area contributed by atoms with Gasteiger partial charge >= 0.3 is 0 Å². The second kappa shape index (κ2) is 8.53. The van der Waals surface area contributed by atoms with E-state index in [9.17, 15) is 9.59 Å². The molecule has 2 aromatic rings. The molecule has 0 saturated carbocycles. The van der Waals surface area contributed by atoms with E-state index < -0.39 is 0 Å². The lowest BCUT2D eigenvalue weighted by atomic mass is 10.00. The molecule has 4 nitrogen and oxygen atoms in total. The molecular formula is C22H26N2O2S. The van der Waals surface area contributed by atoms with Crippen molar-refractivity contribution >= 4 is 29.2 Å². The summed E-state index contributed by atoms with van der Waals surface area (Å²) in [4.78, 5) is 28.7. The van der Waals surface area contributed by atoms with Gasteiger partial charge in [0.25, 0.3) is 11.8 Å². The molecule has 1 aromatic heterocycles. The summed E-state index contributed by atoms with van der Waals surface area (Å²) in [5.74, 6) is 0.132. The molecule has 0 spiro atoms. The van der Waals surface area contributed by atoms with Gasteiger partial charge in [0, 0.05) is 23.5 Å². The van der Waals surface area contributed by atoms with Crippen LogP contribution in [0.3, 0.4) is 0 Å². The Morgan fingerprint density at radius 1 is 1.22 bits per heavy atom. The summed E-state index contributed by atoms with van der Waals surface area (Å²) < 4.78 is 0. The standard InChI is InChI=1S/C22H26N2O2S/c1-15-6-4-10-24(14-15)22(26)20(13-19-7-5-11-27-19)23-21(25)18-9-8-16(2)17(3)12-18/h5,7-9,11-13,15H,4,6,10,14H2,1-3H3,(H,23,25)/t15-/m1/s1. The number of amides is 2. The topological polar surface area (TPSA) is 49.4 Å². The molecule has 5 heteroatoms. The lowest BCUT2D eigenvalue weighted by Crippen LogP contribution is -2.43. The Hall–Kier alpha value is -2.40. The molecule has 1 fully saturated rings. The van der Waals surface area contributed by atoms with Gasteiger partial charge in [0.2, 0.25) is 0 Å². The summed E-state index contributed by atoms with van der Waals surface area (Å²) in [5.41, 5.74) is 3.10. The molecule has 2 heterocycles. The number of likely N-dealkylation sites (tertiary alicyclic amines) is 1. The Morgan fingerprint density at radius 2 is 2.04 bits per heavy atom. The molecule has 0 aliphatic carbocycles. The zero-order valence-electron chi connectivity index (χ0n) is 16.1. The maximum absolute atomic E-state index is 13.1. The van der Waals surface area contributed by atoms with Crippen LogP contribution in [0.5, 0.6) is 0 Å². The lowest BCUT2D eigenvalue weighted by Gasteiger charge is -2.31. The Kier molecular flexibility index (Phi) is 6.11. The summed E-state index contributed by atoms with van der Waals surface area (Å²) in [5, 5.41) is 4.83. The number of rotatable bonds is 4. The summed E-state index contributed by atoms with van der Waals surface area (Å²) >= 11 is 1.54. The highest BCUT2D eigenvalue weighted by Crippen LogP contribution is 2.20. The van der Waals surface area contributed by atoms with Gasteiger partial charge in [0.1, 0.15) is 5.70 Å². The monoisotopic (exact) mass is 382 g/mol. The van der Waals surface area contributed by atoms with Crippen LogP contribution in [0.25, 0.3) is 6.08 Å². The third-order valence-electron chi connectivity index (χ3n) is 5.02. The number of carbonyl (C=O) groups excluding carboxylic acids is 2. The van der Waals surface area contributed by atoms with Gasteiger partial charge in [0.05, 0.1) is 0 Å². The van der Waals surface area contributed by atoms with Gasteiger partial charge in [-0.15, -0.1) is 11.3 Å². The first-order valence-electron chi connectivity index (χ1n) is 9.37. The molecule has 0 bridgehead atoms. The quantitative estimate of drug-likeness (QED) is 0.797. The summed E-state index contributed by atoms with van der Waals surface area (Å²) in [6, 6.07) is 9.47. The SMILES string of the molecule is Cc1ccc(C(=O)NC(=Cc2cccs2)C(=O)N2CCC[C@@H](C)C2)cc1C. The third-order valence-corrected chi connectivity index (χ3v) is 5.84. The van der Waals surface area contributed by atoms with Crippen molar-refractivity contribution in [3.8, 4) is 0 Å². The summed E-state index contributed by atoms with van der Waals surface area (Å²) in [7, 11) is 0. The van der Waals surface area contributed by atoms with Crippen LogP contribution in [0.4, 0.5) is 0 Å². The number of benzene rings is 1. The molecule has 1 aromatic carbocycles. The third kappa shape index (κ3) is 4.86. The number of nitrogens with zero attached hydrogens (tertiary/aromatic N) is 1. The highest BCUT2D eigenvalue weighted by Gasteiger charge is 2.25. The van der Waals surface area contributed by atoms with Crippen molar-refractivity contribution in [3.63, 3.8) is 0 Å². The maximum Gasteiger partial charge on any atom is 0.270 e. The van der Waals surface area contributed by atoms with Crippen LogP contribution in [-0.2, 0) is 4.79 Å². The molecule has 1 N–H and O–H groups in total. The van der Waals surface area contributed by atoms with Crippen molar-refractivity contribution in [2.45, 2.75) is 33.6 Å². The Labute approximate surface area is 164 Å². The molecule has 27 heavy (non-hydrogen) atoms. The van der Waals surface area contributed by atoms with Gasteiger partial charge in [-0.05, 0) is 73.4 Å². The van der Waals surface area contributed by atoms with Gasteiger partial charge in [0.15, 0.2) is 0 Å². The average molecular weight is 383 g/mol. The molecule has 3 rings (SSSR count). The molecule has 142 valence electrons. The highest BCUT2D eigenvalue weighted by molar-refractivity contribution is 7.10. The van der Waals surface area contributed by atoms with Crippen LogP contribution < -0.4 is 5.32 Å². The number of nitrogens with one attached hydrogen (secondary N) is 1. The van der Waals surface area contributed by atoms with E-state index in [1.54, 1.807) is 23.5 Å². The fraction of sp³-hybridized carbons (Fsp3) is 0.364. The number of thiophene rings is 1.